The number of carbonyl (C=O) groups excluding carboxylic acids is 1. The fourth-order valence-corrected chi connectivity index (χ4v) is 4.44. The van der Waals surface area contributed by atoms with Crippen molar-refractivity contribution in [1.29, 1.82) is 0 Å². The van der Waals surface area contributed by atoms with E-state index < -0.39 is 0 Å². The maximum absolute atomic E-state index is 12.3. The number of amides is 1. The number of rotatable bonds is 10. The van der Waals surface area contributed by atoms with Crippen molar-refractivity contribution < 1.29 is 9.53 Å². The Morgan fingerprint density at radius 2 is 1.83 bits per heavy atom. The summed E-state index contributed by atoms with van der Waals surface area (Å²) in [5.74, 6) is 1.18. The van der Waals surface area contributed by atoms with E-state index in [1.54, 1.807) is 0 Å². The van der Waals surface area contributed by atoms with Crippen LogP contribution < -0.4 is 16.0 Å². The van der Waals surface area contributed by atoms with Gasteiger partial charge in [0.05, 0.1) is 6.10 Å². The summed E-state index contributed by atoms with van der Waals surface area (Å²) in [7, 11) is 1.82. The SMILES string of the molecule is CN=C(NCCCCCOC1CCCCC1)NC1CCCC(C(=O)NC(C)C)C1. The second-order valence-electron chi connectivity index (χ2n) is 9.06. The zero-order valence-electron chi connectivity index (χ0n) is 19.0. The second kappa shape index (κ2) is 13.8. The van der Waals surface area contributed by atoms with Gasteiger partial charge in [-0.25, -0.2) is 0 Å². The molecule has 0 bridgehead atoms. The van der Waals surface area contributed by atoms with Crippen molar-refractivity contribution in [1.82, 2.24) is 16.0 Å². The minimum absolute atomic E-state index is 0.117. The van der Waals surface area contributed by atoms with Gasteiger partial charge in [0.2, 0.25) is 5.91 Å². The van der Waals surface area contributed by atoms with Crippen LogP contribution in [0.2, 0.25) is 0 Å². The molecule has 0 radical (unpaired) electrons. The number of nitrogens with zero attached hydrogens (tertiary/aromatic N) is 1. The minimum Gasteiger partial charge on any atom is -0.378 e. The van der Waals surface area contributed by atoms with Crippen LogP contribution in [-0.4, -0.2) is 50.3 Å². The average Bonchev–Trinajstić information content (AvgIpc) is 2.72. The van der Waals surface area contributed by atoms with Gasteiger partial charge in [-0.15, -0.1) is 0 Å². The highest BCUT2D eigenvalue weighted by Crippen LogP contribution is 2.24. The molecule has 0 aromatic carbocycles. The summed E-state index contributed by atoms with van der Waals surface area (Å²) in [6.07, 6.45) is 14.6. The Labute approximate surface area is 178 Å². The molecule has 2 aliphatic carbocycles. The van der Waals surface area contributed by atoms with Crippen LogP contribution >= 0.6 is 0 Å². The summed E-state index contributed by atoms with van der Waals surface area (Å²) >= 11 is 0. The summed E-state index contributed by atoms with van der Waals surface area (Å²) in [5, 5.41) is 10.0. The van der Waals surface area contributed by atoms with Gasteiger partial charge in [-0.3, -0.25) is 9.79 Å². The van der Waals surface area contributed by atoms with E-state index in [-0.39, 0.29) is 17.9 Å². The Balaban J connectivity index is 1.55. The molecule has 2 fully saturated rings. The first-order chi connectivity index (χ1) is 14.1. The van der Waals surface area contributed by atoms with Gasteiger partial charge in [-0.1, -0.05) is 25.7 Å². The molecule has 168 valence electrons. The van der Waals surface area contributed by atoms with E-state index in [1.165, 1.54) is 38.5 Å². The Bertz CT molecular complexity index is 489. The Hall–Kier alpha value is -1.30. The topological polar surface area (TPSA) is 74.8 Å². The van der Waals surface area contributed by atoms with Gasteiger partial charge in [0.25, 0.3) is 0 Å². The summed E-state index contributed by atoms with van der Waals surface area (Å²) in [6, 6.07) is 0.528. The molecule has 0 aromatic heterocycles. The highest BCUT2D eigenvalue weighted by atomic mass is 16.5. The standard InChI is InChI=1S/C23H44N4O2/c1-18(2)26-22(28)19-11-10-12-20(17-19)27-23(24-3)25-15-8-5-9-16-29-21-13-6-4-7-14-21/h18-21H,4-17H2,1-3H3,(H,26,28)(H2,24,25,27). The molecule has 0 aliphatic heterocycles. The molecule has 2 aliphatic rings. The van der Waals surface area contributed by atoms with E-state index in [2.05, 4.69) is 20.9 Å². The second-order valence-corrected chi connectivity index (χ2v) is 9.06. The summed E-state index contributed by atoms with van der Waals surface area (Å²) in [6.45, 7) is 5.86. The smallest absolute Gasteiger partial charge is 0.223 e. The van der Waals surface area contributed by atoms with Gasteiger partial charge >= 0.3 is 0 Å². The van der Waals surface area contributed by atoms with E-state index in [0.29, 0.717) is 12.1 Å². The van der Waals surface area contributed by atoms with Crippen LogP contribution in [0.5, 0.6) is 0 Å². The van der Waals surface area contributed by atoms with Crippen molar-refractivity contribution in [2.24, 2.45) is 10.9 Å². The molecule has 0 spiro atoms. The van der Waals surface area contributed by atoms with Gasteiger partial charge in [-0.2, -0.15) is 0 Å². The zero-order valence-corrected chi connectivity index (χ0v) is 19.0. The lowest BCUT2D eigenvalue weighted by molar-refractivity contribution is -0.126. The van der Waals surface area contributed by atoms with Crippen LogP contribution in [0.15, 0.2) is 4.99 Å². The molecule has 6 heteroatoms. The Kier molecular flexibility index (Phi) is 11.4. The number of nitrogens with one attached hydrogen (secondary N) is 3. The Morgan fingerprint density at radius 1 is 1.03 bits per heavy atom. The quantitative estimate of drug-likeness (QED) is 0.292. The number of hydrogen-bond acceptors (Lipinski definition) is 3. The molecule has 1 amide bonds. The highest BCUT2D eigenvalue weighted by Gasteiger charge is 2.27. The predicted octanol–water partition coefficient (Wildman–Crippen LogP) is 3.75. The third kappa shape index (κ3) is 9.83. The predicted molar refractivity (Wildman–Crippen MR) is 120 cm³/mol. The number of guanidine groups is 1. The largest absolute Gasteiger partial charge is 0.378 e. The molecule has 2 saturated carbocycles. The van der Waals surface area contributed by atoms with Crippen molar-refractivity contribution >= 4 is 11.9 Å². The summed E-state index contributed by atoms with van der Waals surface area (Å²) in [4.78, 5) is 16.7. The number of carbonyl (C=O) groups is 1. The highest BCUT2D eigenvalue weighted by molar-refractivity contribution is 5.81. The summed E-state index contributed by atoms with van der Waals surface area (Å²) < 4.78 is 6.00. The molecule has 2 unspecified atom stereocenters. The normalized spacial score (nSPS) is 23.8. The number of ether oxygens (including phenoxy) is 1. The maximum Gasteiger partial charge on any atom is 0.223 e. The van der Waals surface area contributed by atoms with Crippen LogP contribution in [-0.2, 0) is 9.53 Å². The molecule has 0 heterocycles. The average molecular weight is 409 g/mol. The van der Waals surface area contributed by atoms with Crippen LogP contribution in [0.1, 0.15) is 90.9 Å². The summed E-state index contributed by atoms with van der Waals surface area (Å²) in [5.41, 5.74) is 0. The van der Waals surface area contributed by atoms with E-state index in [0.717, 1.165) is 57.6 Å². The van der Waals surface area contributed by atoms with Crippen LogP contribution in [0.4, 0.5) is 0 Å². The lowest BCUT2D eigenvalue weighted by atomic mass is 9.85. The molecule has 3 N–H and O–H groups in total. The molecule has 0 saturated heterocycles. The zero-order chi connectivity index (χ0) is 20.9. The van der Waals surface area contributed by atoms with Gasteiger partial charge in [0.1, 0.15) is 0 Å². The first kappa shape index (κ1) is 24.0. The molecule has 2 rings (SSSR count). The van der Waals surface area contributed by atoms with Crippen molar-refractivity contribution in [2.45, 2.75) is 109 Å². The molecule has 0 aromatic rings. The van der Waals surface area contributed by atoms with E-state index >= 15 is 0 Å². The van der Waals surface area contributed by atoms with Crippen LogP contribution in [0.25, 0.3) is 0 Å². The maximum atomic E-state index is 12.3. The number of aliphatic imine (C=N–C) groups is 1. The van der Waals surface area contributed by atoms with Crippen molar-refractivity contribution in [3.8, 4) is 0 Å². The van der Waals surface area contributed by atoms with Gasteiger partial charge in [0.15, 0.2) is 5.96 Å². The van der Waals surface area contributed by atoms with E-state index in [4.69, 9.17) is 4.74 Å². The lowest BCUT2D eigenvalue weighted by Gasteiger charge is -2.30. The fraction of sp³-hybridized carbons (Fsp3) is 0.913. The lowest BCUT2D eigenvalue weighted by Crippen LogP contribution is -2.47. The van der Waals surface area contributed by atoms with Crippen LogP contribution in [0.3, 0.4) is 0 Å². The van der Waals surface area contributed by atoms with Crippen molar-refractivity contribution in [3.05, 3.63) is 0 Å². The number of hydrogen-bond donors (Lipinski definition) is 3. The molecule has 29 heavy (non-hydrogen) atoms. The monoisotopic (exact) mass is 408 g/mol. The van der Waals surface area contributed by atoms with Crippen molar-refractivity contribution in [2.75, 3.05) is 20.2 Å². The molecular weight excluding hydrogens is 364 g/mol. The molecule has 6 nitrogen and oxygen atoms in total. The molecule has 2 atom stereocenters. The first-order valence-electron chi connectivity index (χ1n) is 12.0. The fourth-order valence-electron chi connectivity index (χ4n) is 4.44. The van der Waals surface area contributed by atoms with Crippen molar-refractivity contribution in [3.63, 3.8) is 0 Å². The first-order valence-corrected chi connectivity index (χ1v) is 12.0. The van der Waals surface area contributed by atoms with Gasteiger partial charge in [-0.05, 0) is 65.2 Å². The Morgan fingerprint density at radius 3 is 2.55 bits per heavy atom. The van der Waals surface area contributed by atoms with Gasteiger partial charge < -0.3 is 20.7 Å². The third-order valence-electron chi connectivity index (χ3n) is 6.06. The number of unbranched alkanes of at least 4 members (excludes halogenated alkanes) is 2. The molecular formula is C23H44N4O2. The minimum atomic E-state index is 0.117. The van der Waals surface area contributed by atoms with E-state index in [9.17, 15) is 4.79 Å². The third-order valence-corrected chi connectivity index (χ3v) is 6.06. The van der Waals surface area contributed by atoms with Gasteiger partial charge in [0, 0.05) is 38.2 Å². The van der Waals surface area contributed by atoms with Crippen LogP contribution in [0, 0.1) is 5.92 Å². The van der Waals surface area contributed by atoms with E-state index in [1.807, 2.05) is 20.9 Å².